The van der Waals surface area contributed by atoms with E-state index in [9.17, 15) is 18.0 Å². The topological polar surface area (TPSA) is 86.8 Å². The number of rotatable bonds is 3. The second-order valence-electron chi connectivity index (χ2n) is 5.73. The smallest absolute Gasteiger partial charge is 0.254 e. The van der Waals surface area contributed by atoms with Crippen LogP contribution in [0, 0.1) is 6.92 Å². The molecule has 1 saturated heterocycles. The highest BCUT2D eigenvalue weighted by Crippen LogP contribution is 2.21. The molecule has 1 aliphatic heterocycles. The zero-order chi connectivity index (χ0) is 17.4. The van der Waals surface area contributed by atoms with Gasteiger partial charge in [0, 0.05) is 32.7 Å². The molecule has 1 aromatic rings. The first-order valence-corrected chi connectivity index (χ1v) is 8.72. The predicted octanol–water partition coefficient (Wildman–Crippen LogP) is 0.206. The number of sulfonamides is 1. The highest BCUT2D eigenvalue weighted by Gasteiger charge is 2.31. The van der Waals surface area contributed by atoms with Crippen molar-refractivity contribution >= 4 is 21.8 Å². The maximum Gasteiger partial charge on any atom is 0.254 e. The lowest BCUT2D eigenvalue weighted by atomic mass is 10.1. The molecule has 0 aromatic heterocycles. The van der Waals surface area contributed by atoms with Gasteiger partial charge in [0.25, 0.3) is 5.91 Å². The highest BCUT2D eigenvalue weighted by molar-refractivity contribution is 7.89. The Morgan fingerprint density at radius 3 is 2.61 bits per heavy atom. The molecular formula is C15H21N3O4S. The van der Waals surface area contributed by atoms with Crippen molar-refractivity contribution in [2.24, 2.45) is 0 Å². The van der Waals surface area contributed by atoms with E-state index in [-0.39, 0.29) is 22.3 Å². The van der Waals surface area contributed by atoms with E-state index in [1.165, 1.54) is 25.1 Å². The minimum atomic E-state index is -3.64. The number of benzene rings is 1. The Morgan fingerprint density at radius 1 is 1.35 bits per heavy atom. The summed E-state index contributed by atoms with van der Waals surface area (Å²) in [6, 6.07) is 4.00. The van der Waals surface area contributed by atoms with Gasteiger partial charge in [0.15, 0.2) is 0 Å². The molecule has 1 fully saturated rings. The molecule has 126 valence electrons. The third-order valence-electron chi connectivity index (χ3n) is 3.95. The maximum atomic E-state index is 12.7. The van der Waals surface area contributed by atoms with E-state index < -0.39 is 16.1 Å². The van der Waals surface area contributed by atoms with Crippen molar-refractivity contribution < 1.29 is 18.0 Å². The fourth-order valence-electron chi connectivity index (χ4n) is 2.43. The summed E-state index contributed by atoms with van der Waals surface area (Å²) in [6.45, 7) is 4.12. The van der Waals surface area contributed by atoms with Crippen LogP contribution in [0.15, 0.2) is 23.1 Å². The Hall–Kier alpha value is -1.93. The molecule has 2 amide bonds. The number of hydrogen-bond acceptors (Lipinski definition) is 4. The summed E-state index contributed by atoms with van der Waals surface area (Å²) in [4.78, 5) is 25.9. The summed E-state index contributed by atoms with van der Waals surface area (Å²) in [7, 11) is -0.746. The lowest BCUT2D eigenvalue weighted by Gasteiger charge is -2.33. The van der Waals surface area contributed by atoms with E-state index in [0.29, 0.717) is 18.7 Å². The van der Waals surface area contributed by atoms with Crippen LogP contribution in [0.25, 0.3) is 0 Å². The van der Waals surface area contributed by atoms with E-state index in [2.05, 4.69) is 5.32 Å². The van der Waals surface area contributed by atoms with Gasteiger partial charge >= 0.3 is 0 Å². The number of aryl methyl sites for hydroxylation is 1. The van der Waals surface area contributed by atoms with Crippen molar-refractivity contribution in [3.05, 3.63) is 29.3 Å². The molecule has 1 heterocycles. The molecule has 8 heteroatoms. The lowest BCUT2D eigenvalue weighted by molar-refractivity contribution is -0.127. The third kappa shape index (κ3) is 3.23. The number of carbonyl (C=O) groups excluding carboxylic acids is 2. The van der Waals surface area contributed by atoms with E-state index in [0.717, 1.165) is 4.31 Å². The minimum absolute atomic E-state index is 0.0995. The van der Waals surface area contributed by atoms with Crippen molar-refractivity contribution in [1.29, 1.82) is 0 Å². The Bertz CT molecular complexity index is 743. The van der Waals surface area contributed by atoms with Crippen molar-refractivity contribution in [2.75, 3.05) is 27.2 Å². The molecule has 23 heavy (non-hydrogen) atoms. The van der Waals surface area contributed by atoms with Crippen LogP contribution in [0.1, 0.15) is 22.8 Å². The molecule has 0 bridgehead atoms. The highest BCUT2D eigenvalue weighted by atomic mass is 32.2. The summed E-state index contributed by atoms with van der Waals surface area (Å²) in [5.74, 6) is -0.555. The summed E-state index contributed by atoms with van der Waals surface area (Å²) in [5, 5.41) is 2.69. The lowest BCUT2D eigenvalue weighted by Crippen LogP contribution is -2.55. The van der Waals surface area contributed by atoms with Crippen molar-refractivity contribution in [1.82, 2.24) is 14.5 Å². The zero-order valence-electron chi connectivity index (χ0n) is 13.7. The van der Waals surface area contributed by atoms with Crippen LogP contribution < -0.4 is 5.32 Å². The van der Waals surface area contributed by atoms with Crippen LogP contribution in [-0.2, 0) is 14.8 Å². The first-order chi connectivity index (χ1) is 10.7. The predicted molar refractivity (Wildman–Crippen MR) is 85.6 cm³/mol. The molecule has 0 saturated carbocycles. The molecule has 1 aromatic carbocycles. The fraction of sp³-hybridized carbons (Fsp3) is 0.467. The normalized spacial score (nSPS) is 18.9. The summed E-state index contributed by atoms with van der Waals surface area (Å²) < 4.78 is 25.8. The largest absolute Gasteiger partial charge is 0.353 e. The number of carbonyl (C=O) groups is 2. The molecule has 1 atom stereocenters. The van der Waals surface area contributed by atoms with E-state index >= 15 is 0 Å². The molecule has 1 aliphatic rings. The van der Waals surface area contributed by atoms with Crippen LogP contribution in [0.4, 0.5) is 0 Å². The maximum absolute atomic E-state index is 12.7. The summed E-state index contributed by atoms with van der Waals surface area (Å²) in [6.07, 6.45) is 0. The molecular weight excluding hydrogens is 318 g/mol. The molecule has 0 spiro atoms. The first-order valence-electron chi connectivity index (χ1n) is 7.28. The molecule has 1 N–H and O–H groups in total. The Morgan fingerprint density at radius 2 is 2.00 bits per heavy atom. The Kier molecular flexibility index (Phi) is 4.76. The number of nitrogens with one attached hydrogen (secondary N) is 1. The molecule has 7 nitrogen and oxygen atoms in total. The van der Waals surface area contributed by atoms with Gasteiger partial charge in [-0.15, -0.1) is 0 Å². The van der Waals surface area contributed by atoms with E-state index in [1.807, 2.05) is 0 Å². The van der Waals surface area contributed by atoms with Gasteiger partial charge in [-0.2, -0.15) is 0 Å². The van der Waals surface area contributed by atoms with E-state index in [1.54, 1.807) is 26.0 Å². The van der Waals surface area contributed by atoms with Crippen LogP contribution >= 0.6 is 0 Å². The van der Waals surface area contributed by atoms with Gasteiger partial charge in [0.2, 0.25) is 15.9 Å². The molecule has 0 aliphatic carbocycles. The minimum Gasteiger partial charge on any atom is -0.353 e. The zero-order valence-corrected chi connectivity index (χ0v) is 14.5. The van der Waals surface area contributed by atoms with Gasteiger partial charge < -0.3 is 10.2 Å². The summed E-state index contributed by atoms with van der Waals surface area (Å²) in [5.41, 5.74) is 0.831. The average molecular weight is 339 g/mol. The van der Waals surface area contributed by atoms with Gasteiger partial charge in [-0.05, 0) is 31.5 Å². The van der Waals surface area contributed by atoms with Crippen molar-refractivity contribution in [2.45, 2.75) is 24.8 Å². The summed E-state index contributed by atoms with van der Waals surface area (Å²) >= 11 is 0. The first kappa shape index (κ1) is 17.4. The number of hydrogen-bond donors (Lipinski definition) is 1. The van der Waals surface area contributed by atoms with Gasteiger partial charge in [-0.3, -0.25) is 9.59 Å². The monoisotopic (exact) mass is 339 g/mol. The molecule has 0 radical (unpaired) electrons. The SMILES string of the molecule is Cc1ccc(C(=O)N2CCNC(=O)C2C)cc1S(=O)(=O)N(C)C. The number of amides is 2. The van der Waals surface area contributed by atoms with Crippen LogP contribution in [0.3, 0.4) is 0 Å². The second kappa shape index (κ2) is 6.29. The fourth-order valence-corrected chi connectivity index (χ4v) is 3.58. The number of piperazine rings is 1. The molecule has 2 rings (SSSR count). The van der Waals surface area contributed by atoms with Gasteiger partial charge in [0.1, 0.15) is 6.04 Å². The van der Waals surface area contributed by atoms with Gasteiger partial charge in [-0.25, -0.2) is 12.7 Å². The van der Waals surface area contributed by atoms with Crippen LogP contribution in [0.5, 0.6) is 0 Å². The van der Waals surface area contributed by atoms with E-state index in [4.69, 9.17) is 0 Å². The van der Waals surface area contributed by atoms with Crippen molar-refractivity contribution in [3.8, 4) is 0 Å². The Labute approximate surface area is 136 Å². The van der Waals surface area contributed by atoms with Gasteiger partial charge in [0.05, 0.1) is 4.90 Å². The standard InChI is InChI=1S/C15H21N3O4S/c1-10-5-6-12(9-13(10)23(21,22)17(3)4)15(20)18-8-7-16-14(19)11(18)2/h5-6,9,11H,7-8H2,1-4H3,(H,16,19). The van der Waals surface area contributed by atoms with Crippen molar-refractivity contribution in [3.63, 3.8) is 0 Å². The second-order valence-corrected chi connectivity index (χ2v) is 7.85. The Balaban J connectivity index is 2.41. The number of nitrogens with zero attached hydrogens (tertiary/aromatic N) is 2. The van der Waals surface area contributed by atoms with Gasteiger partial charge in [-0.1, -0.05) is 6.07 Å². The molecule has 1 unspecified atom stereocenters. The average Bonchev–Trinajstić information content (AvgIpc) is 2.49. The quantitative estimate of drug-likeness (QED) is 0.853. The third-order valence-corrected chi connectivity index (χ3v) is 5.91. The van der Waals surface area contributed by atoms with Crippen LogP contribution in [-0.4, -0.2) is 62.7 Å². The van der Waals surface area contributed by atoms with Crippen LogP contribution in [0.2, 0.25) is 0 Å².